The van der Waals surface area contributed by atoms with Crippen molar-refractivity contribution in [2.45, 2.75) is 17.7 Å². The van der Waals surface area contributed by atoms with E-state index in [1.54, 1.807) is 6.20 Å². The number of hydrogen-bond acceptors (Lipinski definition) is 2. The van der Waals surface area contributed by atoms with Crippen LogP contribution in [-0.4, -0.2) is 9.97 Å². The van der Waals surface area contributed by atoms with E-state index in [4.69, 9.17) is 11.6 Å². The summed E-state index contributed by atoms with van der Waals surface area (Å²) < 4.78 is 0. The Balaban J connectivity index is 2.35. The topological polar surface area (TPSA) is 25.8 Å². The Morgan fingerprint density at radius 1 is 1.50 bits per heavy atom. The molecule has 1 heterocycles. The summed E-state index contributed by atoms with van der Waals surface area (Å²) in [5.41, 5.74) is 0.962. The molecular weight excluding hydrogens is 148 g/mol. The number of alkyl halides is 1. The van der Waals surface area contributed by atoms with Crippen LogP contribution in [0.25, 0.3) is 0 Å². The van der Waals surface area contributed by atoms with Crippen LogP contribution in [0.1, 0.15) is 18.5 Å². The molecule has 0 amide bonds. The first-order valence-electron chi connectivity index (χ1n) is 3.27. The van der Waals surface area contributed by atoms with E-state index in [9.17, 15) is 0 Å². The number of aromatic nitrogens is 2. The summed E-state index contributed by atoms with van der Waals surface area (Å²) in [7, 11) is 0. The molecule has 0 N–H and O–H groups in total. The number of halogens is 1. The van der Waals surface area contributed by atoms with E-state index in [0.29, 0.717) is 0 Å². The SMILES string of the molecule is ClC1(c2ccncn2)CC1. The lowest BCUT2D eigenvalue weighted by atomic mass is 10.3. The van der Waals surface area contributed by atoms with Gasteiger partial charge in [-0.3, -0.25) is 0 Å². The van der Waals surface area contributed by atoms with E-state index in [1.165, 1.54) is 6.33 Å². The highest BCUT2D eigenvalue weighted by atomic mass is 35.5. The Morgan fingerprint density at radius 2 is 2.30 bits per heavy atom. The summed E-state index contributed by atoms with van der Waals surface area (Å²) >= 11 is 6.08. The first kappa shape index (κ1) is 6.10. The van der Waals surface area contributed by atoms with Crippen LogP contribution in [0.2, 0.25) is 0 Å². The maximum atomic E-state index is 6.08. The van der Waals surface area contributed by atoms with E-state index < -0.39 is 0 Å². The molecule has 0 atom stereocenters. The number of rotatable bonds is 1. The van der Waals surface area contributed by atoms with E-state index >= 15 is 0 Å². The van der Waals surface area contributed by atoms with Crippen LogP contribution in [0.4, 0.5) is 0 Å². The van der Waals surface area contributed by atoms with Gasteiger partial charge >= 0.3 is 0 Å². The molecule has 0 spiro atoms. The summed E-state index contributed by atoms with van der Waals surface area (Å²) in [6.07, 6.45) is 5.36. The molecular formula is C7H7ClN2. The van der Waals surface area contributed by atoms with Gasteiger partial charge in [0.15, 0.2) is 0 Å². The number of hydrogen-bond donors (Lipinski definition) is 0. The minimum absolute atomic E-state index is 0.136. The van der Waals surface area contributed by atoms with Crippen LogP contribution in [-0.2, 0) is 4.87 Å². The van der Waals surface area contributed by atoms with Gasteiger partial charge in [0.25, 0.3) is 0 Å². The standard InChI is InChI=1S/C7H7ClN2/c8-7(2-3-7)6-1-4-9-5-10-6/h1,4-5H,2-3H2. The van der Waals surface area contributed by atoms with Crippen molar-refractivity contribution in [3.05, 3.63) is 24.3 Å². The molecule has 10 heavy (non-hydrogen) atoms. The number of nitrogens with zero attached hydrogens (tertiary/aromatic N) is 2. The minimum Gasteiger partial charge on any atom is -0.245 e. The minimum atomic E-state index is -0.136. The molecule has 1 aliphatic carbocycles. The highest BCUT2D eigenvalue weighted by Gasteiger charge is 2.43. The summed E-state index contributed by atoms with van der Waals surface area (Å²) in [6.45, 7) is 0. The van der Waals surface area contributed by atoms with Crippen LogP contribution >= 0.6 is 11.6 Å². The molecule has 0 unspecified atom stereocenters. The van der Waals surface area contributed by atoms with Crippen molar-refractivity contribution in [1.29, 1.82) is 0 Å². The molecule has 1 fully saturated rings. The molecule has 0 bridgehead atoms. The molecule has 1 saturated carbocycles. The van der Waals surface area contributed by atoms with Crippen molar-refractivity contribution >= 4 is 11.6 Å². The molecule has 3 heteroatoms. The maximum Gasteiger partial charge on any atom is 0.115 e. The lowest BCUT2D eigenvalue weighted by molar-refractivity contribution is 0.917. The lowest BCUT2D eigenvalue weighted by Gasteiger charge is -2.01. The lowest BCUT2D eigenvalue weighted by Crippen LogP contribution is -1.98. The summed E-state index contributed by atoms with van der Waals surface area (Å²) in [5.74, 6) is 0. The Morgan fingerprint density at radius 3 is 2.80 bits per heavy atom. The Labute approximate surface area is 64.3 Å². The second-order valence-electron chi connectivity index (χ2n) is 2.56. The molecule has 2 nitrogen and oxygen atoms in total. The average Bonchev–Trinajstić information content (AvgIpc) is 2.72. The molecule has 1 aromatic rings. The molecule has 1 aromatic heterocycles. The maximum absolute atomic E-state index is 6.08. The fourth-order valence-corrected chi connectivity index (χ4v) is 1.13. The zero-order valence-electron chi connectivity index (χ0n) is 5.42. The monoisotopic (exact) mass is 154 g/mol. The van der Waals surface area contributed by atoms with Crippen molar-refractivity contribution in [3.63, 3.8) is 0 Å². The van der Waals surface area contributed by atoms with Crippen molar-refractivity contribution < 1.29 is 0 Å². The zero-order chi connectivity index (χ0) is 7.03. The first-order chi connectivity index (χ1) is 4.81. The van der Waals surface area contributed by atoms with Crippen LogP contribution < -0.4 is 0 Å². The molecule has 1 aliphatic rings. The van der Waals surface area contributed by atoms with Gasteiger partial charge in [-0.05, 0) is 18.9 Å². The van der Waals surface area contributed by atoms with Gasteiger partial charge in [-0.2, -0.15) is 0 Å². The predicted molar refractivity (Wildman–Crippen MR) is 38.8 cm³/mol. The van der Waals surface area contributed by atoms with E-state index in [-0.39, 0.29) is 4.87 Å². The first-order valence-corrected chi connectivity index (χ1v) is 3.64. The van der Waals surface area contributed by atoms with Crippen LogP contribution in [0.5, 0.6) is 0 Å². The van der Waals surface area contributed by atoms with Crippen molar-refractivity contribution in [1.82, 2.24) is 9.97 Å². The van der Waals surface area contributed by atoms with Gasteiger partial charge in [-0.1, -0.05) is 0 Å². The Bertz CT molecular complexity index is 231. The third-order valence-corrected chi connectivity index (χ3v) is 2.30. The normalized spacial score (nSPS) is 20.5. The van der Waals surface area contributed by atoms with Crippen LogP contribution in [0.15, 0.2) is 18.6 Å². The third-order valence-electron chi connectivity index (χ3n) is 1.73. The average molecular weight is 155 g/mol. The Hall–Kier alpha value is -0.630. The van der Waals surface area contributed by atoms with Crippen molar-refractivity contribution in [2.75, 3.05) is 0 Å². The molecule has 0 aromatic carbocycles. The summed E-state index contributed by atoms with van der Waals surface area (Å²) in [5, 5.41) is 0. The van der Waals surface area contributed by atoms with Gasteiger partial charge in [0.1, 0.15) is 6.33 Å². The fraction of sp³-hybridized carbons (Fsp3) is 0.429. The van der Waals surface area contributed by atoms with Gasteiger partial charge in [0.2, 0.25) is 0 Å². The highest BCUT2D eigenvalue weighted by molar-refractivity contribution is 6.25. The quantitative estimate of drug-likeness (QED) is 0.576. The van der Waals surface area contributed by atoms with Crippen LogP contribution in [0.3, 0.4) is 0 Å². The van der Waals surface area contributed by atoms with Crippen LogP contribution in [0, 0.1) is 0 Å². The summed E-state index contributed by atoms with van der Waals surface area (Å²) in [6, 6.07) is 1.88. The molecule has 0 radical (unpaired) electrons. The fourth-order valence-electron chi connectivity index (χ4n) is 0.922. The van der Waals surface area contributed by atoms with E-state index in [2.05, 4.69) is 9.97 Å². The van der Waals surface area contributed by atoms with Gasteiger partial charge in [0, 0.05) is 6.20 Å². The largest absolute Gasteiger partial charge is 0.245 e. The summed E-state index contributed by atoms with van der Waals surface area (Å²) in [4.78, 5) is 7.75. The zero-order valence-corrected chi connectivity index (χ0v) is 6.17. The third kappa shape index (κ3) is 0.886. The van der Waals surface area contributed by atoms with Crippen molar-refractivity contribution in [3.8, 4) is 0 Å². The highest BCUT2D eigenvalue weighted by Crippen LogP contribution is 2.50. The van der Waals surface area contributed by atoms with E-state index in [0.717, 1.165) is 18.5 Å². The van der Waals surface area contributed by atoms with Gasteiger partial charge in [-0.15, -0.1) is 11.6 Å². The molecule has 0 saturated heterocycles. The smallest absolute Gasteiger partial charge is 0.115 e. The van der Waals surface area contributed by atoms with Gasteiger partial charge < -0.3 is 0 Å². The molecule has 2 rings (SSSR count). The molecule has 0 aliphatic heterocycles. The molecule has 52 valence electrons. The second-order valence-corrected chi connectivity index (χ2v) is 3.28. The van der Waals surface area contributed by atoms with Gasteiger partial charge in [0.05, 0.1) is 10.6 Å². The second kappa shape index (κ2) is 1.92. The van der Waals surface area contributed by atoms with E-state index in [1.807, 2.05) is 6.07 Å². The Kier molecular flexibility index (Phi) is 1.17. The van der Waals surface area contributed by atoms with Crippen molar-refractivity contribution in [2.24, 2.45) is 0 Å². The predicted octanol–water partition coefficient (Wildman–Crippen LogP) is 1.70. The van der Waals surface area contributed by atoms with Gasteiger partial charge in [-0.25, -0.2) is 9.97 Å².